The number of aryl methyl sites for hydroxylation is 1. The van der Waals surface area contributed by atoms with E-state index in [9.17, 15) is 8.42 Å². The van der Waals surface area contributed by atoms with Crippen molar-refractivity contribution in [1.82, 2.24) is 24.2 Å². The number of ether oxygens (including phenoxy) is 2. The number of hydrogen-bond donors (Lipinski definition) is 2. The maximum atomic E-state index is 13.2. The first-order valence-electron chi connectivity index (χ1n) is 11.3. The van der Waals surface area contributed by atoms with E-state index in [0.29, 0.717) is 69.2 Å². The zero-order valence-electron chi connectivity index (χ0n) is 19.3. The van der Waals surface area contributed by atoms with Crippen molar-refractivity contribution in [1.29, 1.82) is 0 Å². The Kier molecular flexibility index (Phi) is 6.41. The van der Waals surface area contributed by atoms with Crippen LogP contribution in [0, 0.1) is 6.92 Å². The van der Waals surface area contributed by atoms with Gasteiger partial charge in [-0.05, 0) is 30.7 Å². The van der Waals surface area contributed by atoms with Crippen molar-refractivity contribution in [3.8, 4) is 11.5 Å². The summed E-state index contributed by atoms with van der Waals surface area (Å²) in [5, 5.41) is 3.19. The van der Waals surface area contributed by atoms with Gasteiger partial charge in [-0.3, -0.25) is 4.90 Å². The molecule has 0 unspecified atom stereocenters. The second-order valence-corrected chi connectivity index (χ2v) is 10.3. The molecule has 0 radical (unpaired) electrons. The molecule has 3 N–H and O–H groups in total. The SMILES string of the molecule is Cc1ccccc1Nc1nc(N)nc(CN2CCN(S(=O)(=O)c3ccc4c(c3)OCCO4)CC2)n1. The summed E-state index contributed by atoms with van der Waals surface area (Å²) in [6, 6.07) is 12.6. The maximum absolute atomic E-state index is 13.2. The topological polar surface area (TPSA) is 136 Å². The third-order valence-electron chi connectivity index (χ3n) is 5.94. The Hall–Kier alpha value is -3.48. The minimum atomic E-state index is -3.64. The van der Waals surface area contributed by atoms with E-state index in [2.05, 4.69) is 25.2 Å². The predicted octanol–water partition coefficient (Wildman–Crippen LogP) is 1.78. The number of sulfonamides is 1. The number of anilines is 3. The first-order valence-corrected chi connectivity index (χ1v) is 12.8. The molecule has 0 bridgehead atoms. The van der Waals surface area contributed by atoms with E-state index in [4.69, 9.17) is 15.2 Å². The smallest absolute Gasteiger partial charge is 0.243 e. The van der Waals surface area contributed by atoms with E-state index in [1.165, 1.54) is 10.4 Å². The van der Waals surface area contributed by atoms with Crippen LogP contribution in [0.15, 0.2) is 47.4 Å². The third kappa shape index (κ3) is 5.14. The Morgan fingerprint density at radius 1 is 0.971 bits per heavy atom. The van der Waals surface area contributed by atoms with Gasteiger partial charge in [0.05, 0.1) is 11.4 Å². The van der Waals surface area contributed by atoms with Gasteiger partial charge in [-0.25, -0.2) is 8.42 Å². The quantitative estimate of drug-likeness (QED) is 0.519. The molecule has 11 nitrogen and oxygen atoms in total. The number of rotatable bonds is 6. The van der Waals surface area contributed by atoms with E-state index in [0.717, 1.165) is 11.3 Å². The van der Waals surface area contributed by atoms with Crippen molar-refractivity contribution in [2.75, 3.05) is 50.4 Å². The first-order chi connectivity index (χ1) is 16.9. The largest absolute Gasteiger partial charge is 0.486 e. The Balaban J connectivity index is 1.23. The minimum Gasteiger partial charge on any atom is -0.486 e. The van der Waals surface area contributed by atoms with Crippen LogP contribution in [-0.2, 0) is 16.6 Å². The summed E-state index contributed by atoms with van der Waals surface area (Å²) in [5.41, 5.74) is 7.87. The highest BCUT2D eigenvalue weighted by atomic mass is 32.2. The number of piperazine rings is 1. The molecular weight excluding hydrogens is 470 g/mol. The van der Waals surface area contributed by atoms with Crippen LogP contribution in [0.4, 0.5) is 17.6 Å². The lowest BCUT2D eigenvalue weighted by atomic mass is 10.2. The molecule has 0 aliphatic carbocycles. The first kappa shape index (κ1) is 23.3. The van der Waals surface area contributed by atoms with E-state index < -0.39 is 10.0 Å². The fourth-order valence-electron chi connectivity index (χ4n) is 4.06. The van der Waals surface area contributed by atoms with Gasteiger partial charge in [0.1, 0.15) is 19.0 Å². The van der Waals surface area contributed by atoms with Gasteiger partial charge in [-0.1, -0.05) is 18.2 Å². The molecule has 0 spiro atoms. The Morgan fingerprint density at radius 2 is 1.71 bits per heavy atom. The lowest BCUT2D eigenvalue weighted by molar-refractivity contribution is 0.170. The van der Waals surface area contributed by atoms with Gasteiger partial charge in [0.15, 0.2) is 11.5 Å². The average Bonchev–Trinajstić information content (AvgIpc) is 2.85. The molecule has 2 aromatic carbocycles. The van der Waals surface area contributed by atoms with E-state index in [-0.39, 0.29) is 10.8 Å². The third-order valence-corrected chi connectivity index (χ3v) is 7.83. The van der Waals surface area contributed by atoms with Gasteiger partial charge in [-0.15, -0.1) is 0 Å². The van der Waals surface area contributed by atoms with Gasteiger partial charge in [-0.2, -0.15) is 19.3 Å². The van der Waals surface area contributed by atoms with Gasteiger partial charge in [0.2, 0.25) is 21.9 Å². The van der Waals surface area contributed by atoms with Crippen LogP contribution in [0.1, 0.15) is 11.4 Å². The van der Waals surface area contributed by atoms with E-state index in [1.54, 1.807) is 12.1 Å². The van der Waals surface area contributed by atoms with Crippen molar-refractivity contribution in [2.45, 2.75) is 18.4 Å². The normalized spacial score (nSPS) is 16.7. The van der Waals surface area contributed by atoms with E-state index in [1.807, 2.05) is 31.2 Å². The molecular formula is C23H27N7O4S. The lowest BCUT2D eigenvalue weighted by Crippen LogP contribution is -2.48. The van der Waals surface area contributed by atoms with Crippen molar-refractivity contribution < 1.29 is 17.9 Å². The Labute approximate surface area is 204 Å². The van der Waals surface area contributed by atoms with Crippen LogP contribution >= 0.6 is 0 Å². The van der Waals surface area contributed by atoms with Crippen LogP contribution in [0.5, 0.6) is 11.5 Å². The van der Waals surface area contributed by atoms with Gasteiger partial charge < -0.3 is 20.5 Å². The van der Waals surface area contributed by atoms with Crippen LogP contribution in [-0.4, -0.2) is 72.0 Å². The molecule has 0 amide bonds. The van der Waals surface area contributed by atoms with Crippen LogP contribution in [0.25, 0.3) is 0 Å². The number of aromatic nitrogens is 3. The van der Waals surface area contributed by atoms with Crippen molar-refractivity contribution >= 4 is 27.6 Å². The van der Waals surface area contributed by atoms with Crippen molar-refractivity contribution in [3.63, 3.8) is 0 Å². The van der Waals surface area contributed by atoms with Crippen LogP contribution < -0.4 is 20.5 Å². The molecule has 35 heavy (non-hydrogen) atoms. The van der Waals surface area contributed by atoms with Crippen LogP contribution in [0.2, 0.25) is 0 Å². The second kappa shape index (κ2) is 9.64. The number of nitrogens with one attached hydrogen (secondary N) is 1. The molecule has 3 heterocycles. The van der Waals surface area contributed by atoms with Gasteiger partial charge in [0, 0.05) is 37.9 Å². The monoisotopic (exact) mass is 497 g/mol. The highest BCUT2D eigenvalue weighted by Crippen LogP contribution is 2.33. The fraction of sp³-hybridized carbons (Fsp3) is 0.348. The molecule has 2 aliphatic heterocycles. The van der Waals surface area contributed by atoms with Gasteiger partial charge >= 0.3 is 0 Å². The number of nitrogen functional groups attached to an aromatic ring is 1. The summed E-state index contributed by atoms with van der Waals surface area (Å²) in [6.45, 7) is 5.07. The summed E-state index contributed by atoms with van der Waals surface area (Å²) in [4.78, 5) is 15.3. The number of nitrogens with zero attached hydrogens (tertiary/aromatic N) is 5. The summed E-state index contributed by atoms with van der Waals surface area (Å²) in [6.07, 6.45) is 0. The van der Waals surface area contributed by atoms with E-state index >= 15 is 0 Å². The number of benzene rings is 2. The molecule has 1 saturated heterocycles. The number of para-hydroxylation sites is 1. The number of hydrogen-bond acceptors (Lipinski definition) is 10. The molecule has 5 rings (SSSR count). The zero-order valence-corrected chi connectivity index (χ0v) is 20.2. The molecule has 184 valence electrons. The summed E-state index contributed by atoms with van der Waals surface area (Å²) >= 11 is 0. The molecule has 0 saturated carbocycles. The zero-order chi connectivity index (χ0) is 24.4. The average molecular weight is 498 g/mol. The van der Waals surface area contributed by atoms with Gasteiger partial charge in [0.25, 0.3) is 0 Å². The Bertz CT molecular complexity index is 1330. The maximum Gasteiger partial charge on any atom is 0.243 e. The summed E-state index contributed by atoms with van der Waals surface area (Å²) in [5.74, 6) is 2.05. The highest BCUT2D eigenvalue weighted by molar-refractivity contribution is 7.89. The molecule has 0 atom stereocenters. The second-order valence-electron chi connectivity index (χ2n) is 8.36. The highest BCUT2D eigenvalue weighted by Gasteiger charge is 2.30. The van der Waals surface area contributed by atoms with Crippen LogP contribution in [0.3, 0.4) is 0 Å². The minimum absolute atomic E-state index is 0.130. The summed E-state index contributed by atoms with van der Waals surface area (Å²) < 4.78 is 38.9. The fourth-order valence-corrected chi connectivity index (χ4v) is 5.50. The molecule has 12 heteroatoms. The molecule has 3 aromatic rings. The molecule has 2 aliphatic rings. The summed E-state index contributed by atoms with van der Waals surface area (Å²) in [7, 11) is -3.64. The van der Waals surface area contributed by atoms with Crippen molar-refractivity contribution in [3.05, 3.63) is 53.9 Å². The Morgan fingerprint density at radius 3 is 2.49 bits per heavy atom. The standard InChI is InChI=1S/C23H27N7O4S/c1-16-4-2-3-5-18(16)25-23-27-21(26-22(24)28-23)15-29-8-10-30(11-9-29)35(31,32)17-6-7-19-20(14-17)34-13-12-33-19/h2-7,14H,8-13,15H2,1H3,(H3,24,25,26,27,28). The number of nitrogens with two attached hydrogens (primary N) is 1. The lowest BCUT2D eigenvalue weighted by Gasteiger charge is -2.33. The predicted molar refractivity (Wildman–Crippen MR) is 130 cm³/mol. The molecule has 1 fully saturated rings. The molecule has 1 aromatic heterocycles. The number of fused-ring (bicyclic) bond motifs is 1. The van der Waals surface area contributed by atoms with Crippen molar-refractivity contribution in [2.24, 2.45) is 0 Å².